The van der Waals surface area contributed by atoms with E-state index < -0.39 is 26.0 Å². The third kappa shape index (κ3) is 4.17. The summed E-state index contributed by atoms with van der Waals surface area (Å²) >= 11 is 6.06. The number of piperazine rings is 1. The third-order valence-corrected chi connectivity index (χ3v) is 9.48. The second-order valence-corrected chi connectivity index (χ2v) is 11.8. The zero-order valence-corrected chi connectivity index (χ0v) is 19.3. The molecule has 0 spiro atoms. The summed E-state index contributed by atoms with van der Waals surface area (Å²) in [6, 6.07) is 11.7. The van der Waals surface area contributed by atoms with Gasteiger partial charge in [0.2, 0.25) is 26.0 Å². The lowest BCUT2D eigenvalue weighted by molar-refractivity contribution is -0.116. The molecule has 0 saturated carbocycles. The van der Waals surface area contributed by atoms with E-state index >= 15 is 0 Å². The van der Waals surface area contributed by atoms with Gasteiger partial charge < -0.3 is 4.90 Å². The molecule has 0 radical (unpaired) electrons. The van der Waals surface area contributed by atoms with Gasteiger partial charge in [-0.2, -0.15) is 4.31 Å². The fourth-order valence-electron chi connectivity index (χ4n) is 3.86. The summed E-state index contributed by atoms with van der Waals surface area (Å²) in [4.78, 5) is 14.2. The Kier molecular flexibility index (Phi) is 5.76. The van der Waals surface area contributed by atoms with Gasteiger partial charge in [0.05, 0.1) is 16.3 Å². The summed E-state index contributed by atoms with van der Waals surface area (Å²) in [5, 5.41) is 0.617. The summed E-state index contributed by atoms with van der Waals surface area (Å²) in [6.45, 7) is 3.20. The lowest BCUT2D eigenvalue weighted by atomic mass is 10.2. The molecule has 31 heavy (non-hydrogen) atoms. The van der Waals surface area contributed by atoms with Crippen LogP contribution in [-0.4, -0.2) is 59.0 Å². The average molecular weight is 484 g/mol. The van der Waals surface area contributed by atoms with Gasteiger partial charge in [0.15, 0.2) is 0 Å². The number of hydrogen-bond acceptors (Lipinski definition) is 6. The van der Waals surface area contributed by atoms with E-state index in [1.165, 1.54) is 22.5 Å². The number of benzene rings is 2. The minimum atomic E-state index is -3.87. The van der Waals surface area contributed by atoms with Crippen LogP contribution in [0.5, 0.6) is 0 Å². The van der Waals surface area contributed by atoms with Gasteiger partial charge in [-0.15, -0.1) is 0 Å². The molecule has 0 aromatic heterocycles. The van der Waals surface area contributed by atoms with Crippen molar-refractivity contribution < 1.29 is 21.6 Å². The van der Waals surface area contributed by atoms with Crippen LogP contribution in [0.15, 0.2) is 47.4 Å². The highest BCUT2D eigenvalue weighted by atomic mass is 35.5. The van der Waals surface area contributed by atoms with Gasteiger partial charge in [0.25, 0.3) is 0 Å². The van der Waals surface area contributed by atoms with Crippen molar-refractivity contribution >= 4 is 48.9 Å². The molecule has 0 atom stereocenters. The SMILES string of the molecule is Cc1ccc(N2C(=O)CCS2(=O)=O)cc1S(=O)(=O)N1CCN(c2cccc(Cl)c2)CC1. The largest absolute Gasteiger partial charge is 0.369 e. The van der Waals surface area contributed by atoms with Crippen LogP contribution in [0.3, 0.4) is 0 Å². The molecule has 0 aliphatic carbocycles. The molecule has 0 N–H and O–H groups in total. The van der Waals surface area contributed by atoms with E-state index in [-0.39, 0.29) is 35.8 Å². The zero-order chi connectivity index (χ0) is 22.4. The Morgan fingerprint density at radius 2 is 1.68 bits per heavy atom. The molecule has 166 valence electrons. The van der Waals surface area contributed by atoms with Crippen molar-refractivity contribution in [2.24, 2.45) is 0 Å². The topological polar surface area (TPSA) is 95.1 Å². The predicted octanol–water partition coefficient (Wildman–Crippen LogP) is 2.23. The minimum absolute atomic E-state index is 0.0103. The lowest BCUT2D eigenvalue weighted by Crippen LogP contribution is -2.48. The molecule has 2 aliphatic heterocycles. The van der Waals surface area contributed by atoms with Gasteiger partial charge in [-0.05, 0) is 42.8 Å². The van der Waals surface area contributed by atoms with Gasteiger partial charge in [-0.3, -0.25) is 4.79 Å². The van der Waals surface area contributed by atoms with Crippen molar-refractivity contribution in [1.29, 1.82) is 0 Å². The Morgan fingerprint density at radius 3 is 2.29 bits per heavy atom. The number of anilines is 2. The van der Waals surface area contributed by atoms with Crippen molar-refractivity contribution in [3.63, 3.8) is 0 Å². The van der Waals surface area contributed by atoms with Crippen LogP contribution >= 0.6 is 11.6 Å². The molecule has 8 nitrogen and oxygen atoms in total. The first-order valence-corrected chi connectivity index (χ1v) is 13.2. The number of aryl methyl sites for hydroxylation is 1. The highest BCUT2D eigenvalue weighted by Crippen LogP contribution is 2.31. The van der Waals surface area contributed by atoms with E-state index in [9.17, 15) is 21.6 Å². The van der Waals surface area contributed by atoms with Crippen LogP contribution in [0.2, 0.25) is 5.02 Å². The molecule has 4 rings (SSSR count). The van der Waals surface area contributed by atoms with E-state index in [2.05, 4.69) is 4.90 Å². The molecule has 0 unspecified atom stereocenters. The molecule has 11 heteroatoms. The Morgan fingerprint density at radius 1 is 0.968 bits per heavy atom. The summed E-state index contributed by atoms with van der Waals surface area (Å²) < 4.78 is 53.3. The molecule has 1 amide bonds. The minimum Gasteiger partial charge on any atom is -0.369 e. The summed E-state index contributed by atoms with van der Waals surface area (Å²) in [6.07, 6.45) is -0.107. The summed E-state index contributed by atoms with van der Waals surface area (Å²) in [5.74, 6) is -0.824. The zero-order valence-electron chi connectivity index (χ0n) is 16.9. The molecule has 2 fully saturated rings. The molecule has 2 aromatic carbocycles. The maximum absolute atomic E-state index is 13.3. The number of hydrogen-bond donors (Lipinski definition) is 0. The van der Waals surface area contributed by atoms with Crippen molar-refractivity contribution in [3.05, 3.63) is 53.1 Å². The maximum atomic E-state index is 13.3. The number of nitrogens with zero attached hydrogens (tertiary/aromatic N) is 3. The molecular formula is C20H22ClN3O5S2. The first-order valence-electron chi connectivity index (χ1n) is 9.77. The Balaban J connectivity index is 1.59. The number of rotatable bonds is 4. The quantitative estimate of drug-likeness (QED) is 0.661. The van der Waals surface area contributed by atoms with Crippen LogP contribution in [-0.2, 0) is 24.8 Å². The lowest BCUT2D eigenvalue weighted by Gasteiger charge is -2.35. The van der Waals surface area contributed by atoms with Gasteiger partial charge in [-0.1, -0.05) is 23.7 Å². The monoisotopic (exact) mass is 483 g/mol. The van der Waals surface area contributed by atoms with E-state index in [4.69, 9.17) is 11.6 Å². The van der Waals surface area contributed by atoms with E-state index in [1.807, 2.05) is 18.2 Å². The van der Waals surface area contributed by atoms with Crippen LogP contribution in [0.1, 0.15) is 12.0 Å². The standard InChI is InChI=1S/C20H22ClN3O5S2/c1-15-5-6-18(24-20(25)7-12-30(24,26)27)14-19(15)31(28,29)23-10-8-22(9-11-23)17-4-2-3-16(21)13-17/h2-6,13-14H,7-12H2,1H3. The molecule has 2 saturated heterocycles. The van der Waals surface area contributed by atoms with E-state index in [0.29, 0.717) is 28.0 Å². The molecule has 2 aromatic rings. The fourth-order valence-corrected chi connectivity index (χ4v) is 7.16. The highest BCUT2D eigenvalue weighted by molar-refractivity contribution is 7.94. The first-order chi connectivity index (χ1) is 14.6. The Bertz CT molecular complexity index is 1240. The smallest absolute Gasteiger partial charge is 0.243 e. The first kappa shape index (κ1) is 22.1. The second kappa shape index (κ2) is 8.09. The number of carbonyl (C=O) groups excluding carboxylic acids is 1. The summed E-state index contributed by atoms with van der Waals surface area (Å²) in [5.41, 5.74) is 1.48. The van der Waals surface area contributed by atoms with Gasteiger partial charge in [0.1, 0.15) is 0 Å². The van der Waals surface area contributed by atoms with Crippen LogP contribution < -0.4 is 9.21 Å². The van der Waals surface area contributed by atoms with Gasteiger partial charge >= 0.3 is 0 Å². The van der Waals surface area contributed by atoms with Crippen LogP contribution in [0.25, 0.3) is 0 Å². The van der Waals surface area contributed by atoms with Crippen LogP contribution in [0.4, 0.5) is 11.4 Å². The number of sulfonamides is 2. The number of halogens is 1. The predicted molar refractivity (Wildman–Crippen MR) is 119 cm³/mol. The molecule has 2 heterocycles. The third-order valence-electron chi connectivity index (χ3n) is 5.51. The maximum Gasteiger partial charge on any atom is 0.243 e. The fraction of sp³-hybridized carbons (Fsp3) is 0.350. The van der Waals surface area contributed by atoms with Crippen molar-refractivity contribution in [2.75, 3.05) is 41.1 Å². The summed E-state index contributed by atoms with van der Waals surface area (Å²) in [7, 11) is -7.64. The van der Waals surface area contributed by atoms with Gasteiger partial charge in [0, 0.05) is 43.3 Å². The van der Waals surface area contributed by atoms with Crippen molar-refractivity contribution in [2.45, 2.75) is 18.2 Å². The van der Waals surface area contributed by atoms with Gasteiger partial charge in [-0.25, -0.2) is 21.1 Å². The van der Waals surface area contributed by atoms with Crippen LogP contribution in [0, 0.1) is 6.92 Å². The number of carbonyl (C=O) groups is 1. The highest BCUT2D eigenvalue weighted by Gasteiger charge is 2.37. The Hall–Kier alpha value is -2.14. The second-order valence-electron chi connectivity index (χ2n) is 7.54. The van der Waals surface area contributed by atoms with Crippen molar-refractivity contribution in [3.8, 4) is 0 Å². The average Bonchev–Trinajstić information content (AvgIpc) is 3.01. The van der Waals surface area contributed by atoms with Crippen molar-refractivity contribution in [1.82, 2.24) is 4.31 Å². The molecule has 2 aliphatic rings. The number of amides is 1. The van der Waals surface area contributed by atoms with E-state index in [1.54, 1.807) is 13.0 Å². The van der Waals surface area contributed by atoms with E-state index in [0.717, 1.165) is 5.69 Å². The Labute approximate surface area is 187 Å². The normalized spacial score (nSPS) is 19.7. The molecule has 0 bridgehead atoms. The molecular weight excluding hydrogens is 462 g/mol.